The highest BCUT2D eigenvalue weighted by Crippen LogP contribution is 2.38. The maximum atomic E-state index is 13.7. The lowest BCUT2D eigenvalue weighted by Gasteiger charge is -2.53. The van der Waals surface area contributed by atoms with Gasteiger partial charge in [0.2, 0.25) is 0 Å². The Hall–Kier alpha value is -10.5. The lowest BCUT2D eigenvalue weighted by atomic mass is 9.92. The number of hydrogen-bond acceptors (Lipinski definition) is 20. The summed E-state index contributed by atoms with van der Waals surface area (Å²) in [4.78, 5) is 51.9. The summed E-state index contributed by atoms with van der Waals surface area (Å²) in [5.74, 6) is -0.358. The van der Waals surface area contributed by atoms with Crippen LogP contribution in [0.3, 0.4) is 0 Å². The second kappa shape index (κ2) is 48.0. The first kappa shape index (κ1) is 102. The molecule has 142 heavy (non-hydrogen) atoms. The van der Waals surface area contributed by atoms with Crippen LogP contribution in [0.1, 0.15) is 129 Å². The summed E-state index contributed by atoms with van der Waals surface area (Å²) in [7, 11) is 0. The number of piperidine rings is 4. The van der Waals surface area contributed by atoms with Crippen molar-refractivity contribution >= 4 is 72.8 Å². The molecule has 12 heterocycles. The summed E-state index contributed by atoms with van der Waals surface area (Å²) in [5.41, 5.74) is 20.4. The van der Waals surface area contributed by atoms with Crippen molar-refractivity contribution in [3.05, 3.63) is 232 Å². The Labute approximate surface area is 841 Å². The minimum Gasteiger partial charge on any atom is -0.377 e. The summed E-state index contributed by atoms with van der Waals surface area (Å²) in [6.45, 7) is 55.4. The van der Waals surface area contributed by atoms with E-state index in [1.54, 1.807) is 42.5 Å². The van der Waals surface area contributed by atoms with Gasteiger partial charge in [0.15, 0.2) is 0 Å². The van der Waals surface area contributed by atoms with Gasteiger partial charge in [-0.1, -0.05) is 60.7 Å². The van der Waals surface area contributed by atoms with Crippen LogP contribution in [-0.4, -0.2) is 329 Å². The van der Waals surface area contributed by atoms with E-state index in [4.69, 9.17) is 4.74 Å². The van der Waals surface area contributed by atoms with E-state index >= 15 is 0 Å². The molecule has 9 aliphatic heterocycles. The SMILES string of the molecule is CC(C)N1CCN(C2(CNC3CCN(c4cccc(C5=Cc6cc(F)ccc6C5)c4)CC3)COC2)CC1.CC(C)N1CCN(CCNC2CCN(c3cccc(-c4cc5cc(C#N)ccc5[nH]4)c3)CC2)CC1.CC(C)N1CCN(CCNC2CCN(c3cccc(-c4cc5cc(F)ccc5[nH]4)c3)CC2)CC1.CC(C)N1CCN(CCNC2CCN(c3cccc(-c4cc5cc([N+](=O)[O-])ccc5[nH]4)c3)CC2)CC1. The number of halogens is 2. The van der Waals surface area contributed by atoms with Crippen LogP contribution in [-0.2, 0) is 11.2 Å². The Bertz CT molecular complexity index is 5990. The maximum absolute atomic E-state index is 13.7. The van der Waals surface area contributed by atoms with Gasteiger partial charge in [0, 0.05) is 336 Å². The fourth-order valence-electron chi connectivity index (χ4n) is 22.9. The number of hydrogen-bond donors (Lipinski definition) is 7. The van der Waals surface area contributed by atoms with Gasteiger partial charge in [-0.25, -0.2) is 8.78 Å². The predicted molar refractivity (Wildman–Crippen MR) is 581 cm³/mol. The normalized spacial score (nSPS) is 19.6. The van der Waals surface area contributed by atoms with Crippen molar-refractivity contribution in [1.82, 2.24) is 75.4 Å². The van der Waals surface area contributed by atoms with Crippen LogP contribution in [0.4, 0.5) is 37.2 Å². The minimum atomic E-state index is -0.348. The third-order valence-corrected chi connectivity index (χ3v) is 32.3. The number of non-ortho nitro benzene ring substituents is 1. The zero-order valence-electron chi connectivity index (χ0n) is 85.5. The van der Waals surface area contributed by atoms with Gasteiger partial charge in [0.05, 0.1) is 35.3 Å². The summed E-state index contributed by atoms with van der Waals surface area (Å²) >= 11 is 0. The molecule has 0 atom stereocenters. The van der Waals surface area contributed by atoms with Crippen LogP contribution < -0.4 is 40.9 Å². The van der Waals surface area contributed by atoms with E-state index < -0.39 is 0 Å². The minimum absolute atomic E-state index is 0.118. The first-order valence-electron chi connectivity index (χ1n) is 53.5. The number of anilines is 4. The van der Waals surface area contributed by atoms with Gasteiger partial charge in [-0.05, 0) is 273 Å². The smallest absolute Gasteiger partial charge is 0.270 e. The third-order valence-electron chi connectivity index (χ3n) is 32.3. The number of ether oxygens (including phenoxy) is 1. The van der Waals surface area contributed by atoms with Crippen LogP contribution >= 0.6 is 0 Å². The van der Waals surface area contributed by atoms with Crippen molar-refractivity contribution in [2.45, 2.75) is 167 Å². The lowest BCUT2D eigenvalue weighted by molar-refractivity contribution is -0.384. The second-order valence-corrected chi connectivity index (χ2v) is 42.7. The molecule has 10 aliphatic rings. The zero-order chi connectivity index (χ0) is 98.2. The van der Waals surface area contributed by atoms with Crippen LogP contribution in [0, 0.1) is 33.1 Å². The van der Waals surface area contributed by atoms with Crippen molar-refractivity contribution < 1.29 is 18.4 Å². The number of piperazine rings is 4. The second-order valence-electron chi connectivity index (χ2n) is 42.7. The van der Waals surface area contributed by atoms with Gasteiger partial charge >= 0.3 is 0 Å². The van der Waals surface area contributed by atoms with Crippen molar-refractivity contribution in [3.63, 3.8) is 0 Å². The number of benzene rings is 8. The molecule has 9 saturated heterocycles. The van der Waals surface area contributed by atoms with E-state index in [2.05, 4.69) is 266 Å². The van der Waals surface area contributed by atoms with Crippen molar-refractivity contribution in [1.29, 1.82) is 5.26 Å². The number of nitro benzene ring substituents is 1. The summed E-state index contributed by atoms with van der Waals surface area (Å²) in [5, 5.41) is 38.5. The number of nitro groups is 1. The Kier molecular flexibility index (Phi) is 34.4. The molecule has 9 fully saturated rings. The standard InChI is InChI=1S/C31H41FN4O.C29H38N6.C28H38FN5.C28H38N6O2/c1-23(2)34-12-14-36(15-13-34)31(21-37-22-31)20-33-29-8-10-35(11-9-29)30-5-3-4-24(19-30)26-16-25-6-7-28(32)18-27(25)17-26;1-22(2)34-16-14-33(15-17-34)13-10-31-26-8-11-35(12-9-26)27-5-3-4-24(19-27)29-20-25-18-23(21-30)6-7-28(25)32-29;1-21(2)33-16-14-32(15-17-33)13-10-30-25-8-11-34(12-9-25)26-5-3-4-22(19-26)28-20-23-18-24(29)6-7-27(23)31-28;1-21(2)32-16-14-31(15-17-32)13-10-29-24-8-11-33(12-9-24)25-5-3-4-22(18-25)28-20-23-19-26(34(35)36)6-7-27(23)30-28/h3-7,17-19,23,29,33H,8-16,20-22H2,1-2H3;3-7,18-20,22,26,31-32H,8-17H2,1-2H3;3-7,18-21,25,30-31H,8-17H2,1-2H3;3-7,18-21,24,29-30H,8-17H2,1-2H3. The average Bonchev–Trinajstić information content (AvgIpc) is 1.23. The average molecular weight is 1930 g/mol. The highest BCUT2D eigenvalue weighted by molar-refractivity contribution is 5.91. The van der Waals surface area contributed by atoms with Crippen molar-refractivity contribution in [3.8, 4) is 39.8 Å². The molecule has 11 aromatic rings. The van der Waals surface area contributed by atoms with E-state index in [0.717, 1.165) is 236 Å². The van der Waals surface area contributed by atoms with E-state index in [1.165, 1.54) is 155 Å². The summed E-state index contributed by atoms with van der Waals surface area (Å²) in [6.07, 6.45) is 12.4. The van der Waals surface area contributed by atoms with Gasteiger partial charge in [-0.3, -0.25) is 49.3 Å². The predicted octanol–water partition coefficient (Wildman–Crippen LogP) is 17.5. The van der Waals surface area contributed by atoms with E-state index in [9.17, 15) is 24.2 Å². The molecule has 7 N–H and O–H groups in total. The monoisotopic (exact) mass is 1930 g/mol. The Morgan fingerprint density at radius 2 is 0.754 bits per heavy atom. The molecule has 3 aromatic heterocycles. The molecule has 0 radical (unpaired) electrons. The number of H-pyrrole nitrogens is 3. The van der Waals surface area contributed by atoms with Crippen LogP contribution in [0.15, 0.2) is 188 Å². The molecule has 24 nitrogen and oxygen atoms in total. The Morgan fingerprint density at radius 1 is 0.401 bits per heavy atom. The fourth-order valence-corrected chi connectivity index (χ4v) is 22.9. The molecule has 1 aliphatic carbocycles. The first-order valence-corrected chi connectivity index (χ1v) is 53.5. The molecule has 0 saturated carbocycles. The lowest BCUT2D eigenvalue weighted by Crippen LogP contribution is -2.70. The molecule has 756 valence electrons. The number of rotatable bonds is 29. The van der Waals surface area contributed by atoms with Crippen LogP contribution in [0.5, 0.6) is 0 Å². The highest BCUT2D eigenvalue weighted by Gasteiger charge is 2.46. The molecular formula is C116H155F2N21O3. The Morgan fingerprint density at radius 3 is 1.14 bits per heavy atom. The number of fused-ring (bicyclic) bond motifs is 4. The zero-order valence-corrected chi connectivity index (χ0v) is 85.5. The van der Waals surface area contributed by atoms with E-state index in [0.29, 0.717) is 53.9 Å². The van der Waals surface area contributed by atoms with Gasteiger partial charge in [-0.15, -0.1) is 0 Å². The largest absolute Gasteiger partial charge is 0.377 e. The highest BCUT2D eigenvalue weighted by atomic mass is 19.1. The maximum Gasteiger partial charge on any atom is 0.270 e. The third kappa shape index (κ3) is 26.3. The quantitative estimate of drug-likeness (QED) is 0.0172. The molecule has 8 aromatic carbocycles. The fraction of sp³-hybridized carbons (Fsp3) is 0.509. The van der Waals surface area contributed by atoms with E-state index in [1.807, 2.05) is 36.4 Å². The molecule has 0 spiro atoms. The number of nitrogens with zero attached hydrogens (tertiary/aromatic N) is 14. The molecular weight excluding hydrogens is 1770 g/mol. The molecule has 21 rings (SSSR count). The molecule has 0 amide bonds. The number of allylic oxidation sites excluding steroid dienone is 1. The van der Waals surface area contributed by atoms with Crippen molar-refractivity contribution in [2.75, 3.05) is 236 Å². The van der Waals surface area contributed by atoms with Crippen LogP contribution in [0.25, 0.3) is 78.1 Å². The molecule has 0 unspecified atom stereocenters. The van der Waals surface area contributed by atoms with Gasteiger partial charge < -0.3 is 60.6 Å². The van der Waals surface area contributed by atoms with E-state index in [-0.39, 0.29) is 27.8 Å². The topological polar surface area (TPSA) is 211 Å². The summed E-state index contributed by atoms with van der Waals surface area (Å²) in [6, 6.07) is 69.3. The first-order chi connectivity index (χ1) is 69.1. The van der Waals surface area contributed by atoms with Gasteiger partial charge in [0.25, 0.3) is 5.69 Å². The molecule has 26 heteroatoms. The number of aromatic nitrogens is 3. The number of aromatic amines is 3. The van der Waals surface area contributed by atoms with Gasteiger partial charge in [0.1, 0.15) is 11.6 Å². The molecule has 0 bridgehead atoms. The van der Waals surface area contributed by atoms with Crippen LogP contribution in [0.2, 0.25) is 0 Å². The number of nitriles is 1. The van der Waals surface area contributed by atoms with Gasteiger partial charge in [-0.2, -0.15) is 5.26 Å². The number of nitrogens with one attached hydrogen (secondary N) is 7. The Balaban J connectivity index is 0.000000125. The summed E-state index contributed by atoms with van der Waals surface area (Å²) < 4.78 is 33.0. The van der Waals surface area contributed by atoms with Crippen molar-refractivity contribution in [2.24, 2.45) is 0 Å².